The summed E-state index contributed by atoms with van der Waals surface area (Å²) < 4.78 is 0. The van der Waals surface area contributed by atoms with E-state index in [-0.39, 0.29) is 6.03 Å². The molecule has 1 N–H and O–H groups in total. The van der Waals surface area contributed by atoms with Crippen LogP contribution in [-0.2, 0) is 12.8 Å². The summed E-state index contributed by atoms with van der Waals surface area (Å²) in [5.41, 5.74) is 8.47. The second-order valence-corrected chi connectivity index (χ2v) is 9.11. The average molecular weight is 464 g/mol. The van der Waals surface area contributed by atoms with E-state index < -0.39 is 0 Å². The number of carbonyl (C=O) groups is 1. The van der Waals surface area contributed by atoms with Crippen molar-refractivity contribution in [2.24, 2.45) is 0 Å². The number of anilines is 1. The Morgan fingerprint density at radius 1 is 0.812 bits per heavy atom. The van der Waals surface area contributed by atoms with Crippen molar-refractivity contribution in [3.8, 4) is 0 Å². The summed E-state index contributed by atoms with van der Waals surface area (Å²) in [6, 6.07) is 15.9. The molecule has 0 unspecified atom stereocenters. The standard InChI is InChI=1S/C26H23Cl2N3O/c27-20-3-5-23-18(15-20)1-2-19-16-21(28)4-6-24(19)25(23)17-9-13-31(14-10-17)26(32)30-22-7-11-29-12-8-22/h3-8,11-12,15-16H,1-2,9-10,13-14H2,(H,29,30,32). The van der Waals surface area contributed by atoms with Gasteiger partial charge < -0.3 is 10.2 Å². The third-order valence-electron chi connectivity index (χ3n) is 6.28. The van der Waals surface area contributed by atoms with E-state index in [4.69, 9.17) is 23.2 Å². The zero-order valence-corrected chi connectivity index (χ0v) is 19.1. The van der Waals surface area contributed by atoms with E-state index in [1.807, 2.05) is 17.0 Å². The summed E-state index contributed by atoms with van der Waals surface area (Å²) >= 11 is 12.7. The number of hydrogen-bond donors (Lipinski definition) is 1. The second-order valence-electron chi connectivity index (χ2n) is 8.23. The Kier molecular flexibility index (Phi) is 5.90. The summed E-state index contributed by atoms with van der Waals surface area (Å²) in [4.78, 5) is 18.6. The summed E-state index contributed by atoms with van der Waals surface area (Å²) in [7, 11) is 0. The van der Waals surface area contributed by atoms with Gasteiger partial charge in [-0.1, -0.05) is 40.9 Å². The van der Waals surface area contributed by atoms with Gasteiger partial charge in [-0.15, -0.1) is 0 Å². The van der Waals surface area contributed by atoms with E-state index in [2.05, 4.69) is 34.6 Å². The first-order chi connectivity index (χ1) is 15.6. The zero-order valence-electron chi connectivity index (χ0n) is 17.6. The van der Waals surface area contributed by atoms with Crippen LogP contribution >= 0.6 is 23.2 Å². The minimum Gasteiger partial charge on any atom is -0.324 e. The van der Waals surface area contributed by atoms with Crippen molar-refractivity contribution in [3.05, 3.63) is 98.8 Å². The Bertz CT molecular complexity index is 1140. The molecule has 0 bridgehead atoms. The van der Waals surface area contributed by atoms with Gasteiger partial charge in [0.15, 0.2) is 0 Å². The molecule has 2 heterocycles. The number of nitrogens with one attached hydrogen (secondary N) is 1. The number of likely N-dealkylation sites (tertiary alicyclic amines) is 1. The number of rotatable bonds is 1. The van der Waals surface area contributed by atoms with Gasteiger partial charge in [-0.3, -0.25) is 4.98 Å². The molecule has 2 aliphatic rings. The fourth-order valence-electron chi connectivity index (χ4n) is 4.69. The lowest BCUT2D eigenvalue weighted by atomic mass is 9.86. The molecule has 5 rings (SSSR count). The van der Waals surface area contributed by atoms with Gasteiger partial charge in [0, 0.05) is 41.2 Å². The number of carbonyl (C=O) groups excluding carboxylic acids is 1. The van der Waals surface area contributed by atoms with Crippen LogP contribution < -0.4 is 5.32 Å². The van der Waals surface area contributed by atoms with E-state index in [0.717, 1.165) is 41.4 Å². The van der Waals surface area contributed by atoms with Gasteiger partial charge in [0.2, 0.25) is 0 Å². The molecule has 2 aromatic carbocycles. The molecule has 0 atom stereocenters. The third kappa shape index (κ3) is 4.25. The molecule has 162 valence electrons. The second kappa shape index (κ2) is 8.97. The number of nitrogens with zero attached hydrogens (tertiary/aromatic N) is 2. The SMILES string of the molecule is O=C(Nc1ccncc1)N1CCC(=C2c3ccc(Cl)cc3CCc3cc(Cl)ccc32)CC1. The minimum absolute atomic E-state index is 0.0690. The van der Waals surface area contributed by atoms with Crippen LogP contribution in [0.4, 0.5) is 10.5 Å². The summed E-state index contributed by atoms with van der Waals surface area (Å²) in [5.74, 6) is 0. The van der Waals surface area contributed by atoms with Crippen molar-refractivity contribution >= 4 is 40.5 Å². The molecule has 1 aromatic heterocycles. The predicted molar refractivity (Wildman–Crippen MR) is 130 cm³/mol. The van der Waals surface area contributed by atoms with Crippen LogP contribution in [0.2, 0.25) is 10.0 Å². The molecule has 0 saturated carbocycles. The maximum absolute atomic E-state index is 12.7. The van der Waals surface area contributed by atoms with Crippen LogP contribution in [0.1, 0.15) is 35.1 Å². The molecule has 1 saturated heterocycles. The summed E-state index contributed by atoms with van der Waals surface area (Å²) in [6.07, 6.45) is 6.88. The summed E-state index contributed by atoms with van der Waals surface area (Å²) in [6.45, 7) is 1.36. The molecule has 2 amide bonds. The van der Waals surface area contributed by atoms with Gasteiger partial charge >= 0.3 is 6.03 Å². The van der Waals surface area contributed by atoms with Crippen LogP contribution in [0, 0.1) is 0 Å². The normalized spacial score (nSPS) is 15.6. The third-order valence-corrected chi connectivity index (χ3v) is 6.75. The van der Waals surface area contributed by atoms with E-state index in [9.17, 15) is 4.79 Å². The molecule has 0 spiro atoms. The number of hydrogen-bond acceptors (Lipinski definition) is 2. The molecule has 1 aliphatic heterocycles. The number of aryl methyl sites for hydroxylation is 2. The van der Waals surface area contributed by atoms with E-state index >= 15 is 0 Å². The maximum atomic E-state index is 12.7. The number of pyridine rings is 1. The van der Waals surface area contributed by atoms with E-state index in [1.165, 1.54) is 33.4 Å². The van der Waals surface area contributed by atoms with E-state index in [0.29, 0.717) is 13.1 Å². The Morgan fingerprint density at radius 2 is 1.38 bits per heavy atom. The lowest BCUT2D eigenvalue weighted by Gasteiger charge is -2.30. The molecule has 1 aliphatic carbocycles. The monoisotopic (exact) mass is 463 g/mol. The zero-order chi connectivity index (χ0) is 22.1. The Morgan fingerprint density at radius 3 is 1.94 bits per heavy atom. The topological polar surface area (TPSA) is 45.2 Å². The molecular weight excluding hydrogens is 441 g/mol. The van der Waals surface area contributed by atoms with Crippen molar-refractivity contribution in [1.82, 2.24) is 9.88 Å². The van der Waals surface area contributed by atoms with Crippen molar-refractivity contribution in [1.29, 1.82) is 0 Å². The maximum Gasteiger partial charge on any atom is 0.321 e. The first-order valence-corrected chi connectivity index (χ1v) is 11.6. The van der Waals surface area contributed by atoms with Gasteiger partial charge in [-0.2, -0.15) is 0 Å². The van der Waals surface area contributed by atoms with Gasteiger partial charge in [0.1, 0.15) is 0 Å². The number of amides is 2. The van der Waals surface area contributed by atoms with E-state index in [1.54, 1.807) is 24.5 Å². The lowest BCUT2D eigenvalue weighted by molar-refractivity contribution is 0.207. The van der Waals surface area contributed by atoms with Crippen LogP contribution in [0.15, 0.2) is 66.5 Å². The molecule has 1 fully saturated rings. The Hall–Kier alpha value is -2.82. The lowest BCUT2D eigenvalue weighted by Crippen LogP contribution is -2.39. The van der Waals surface area contributed by atoms with Crippen molar-refractivity contribution < 1.29 is 4.79 Å². The molecule has 3 aromatic rings. The van der Waals surface area contributed by atoms with Gasteiger partial charge in [0.25, 0.3) is 0 Å². The van der Waals surface area contributed by atoms with Gasteiger partial charge in [-0.05, 0) is 89.9 Å². The van der Waals surface area contributed by atoms with Crippen LogP contribution in [0.5, 0.6) is 0 Å². The van der Waals surface area contributed by atoms with Crippen LogP contribution in [0.25, 0.3) is 5.57 Å². The molecular formula is C26H23Cl2N3O. The highest BCUT2D eigenvalue weighted by atomic mass is 35.5. The van der Waals surface area contributed by atoms with Crippen molar-refractivity contribution in [2.75, 3.05) is 18.4 Å². The number of benzene rings is 2. The number of fused-ring (bicyclic) bond motifs is 2. The fraction of sp³-hybridized carbons (Fsp3) is 0.231. The quantitative estimate of drug-likeness (QED) is 0.440. The average Bonchev–Trinajstić information content (AvgIpc) is 2.96. The Labute approximate surface area is 197 Å². The first-order valence-electron chi connectivity index (χ1n) is 10.8. The molecule has 4 nitrogen and oxygen atoms in total. The number of aromatic nitrogens is 1. The molecule has 0 radical (unpaired) electrons. The van der Waals surface area contributed by atoms with Crippen LogP contribution in [-0.4, -0.2) is 29.0 Å². The van der Waals surface area contributed by atoms with Gasteiger partial charge in [0.05, 0.1) is 0 Å². The highest BCUT2D eigenvalue weighted by Crippen LogP contribution is 2.40. The summed E-state index contributed by atoms with van der Waals surface area (Å²) in [5, 5.41) is 4.49. The minimum atomic E-state index is -0.0690. The van der Waals surface area contributed by atoms with Crippen molar-refractivity contribution in [2.45, 2.75) is 25.7 Å². The highest BCUT2D eigenvalue weighted by Gasteiger charge is 2.26. The smallest absolute Gasteiger partial charge is 0.321 e. The largest absolute Gasteiger partial charge is 0.324 e. The fourth-order valence-corrected chi connectivity index (χ4v) is 5.08. The van der Waals surface area contributed by atoms with Gasteiger partial charge in [-0.25, -0.2) is 4.79 Å². The van der Waals surface area contributed by atoms with Crippen molar-refractivity contribution in [3.63, 3.8) is 0 Å². The number of halogens is 2. The first kappa shape index (κ1) is 21.0. The molecule has 32 heavy (non-hydrogen) atoms. The number of piperidine rings is 1. The number of urea groups is 1. The molecule has 6 heteroatoms. The van der Waals surface area contributed by atoms with Crippen LogP contribution in [0.3, 0.4) is 0 Å². The predicted octanol–water partition coefficient (Wildman–Crippen LogP) is 6.62. The highest BCUT2D eigenvalue weighted by molar-refractivity contribution is 6.31. The Balaban J connectivity index is 1.46.